The largest absolute Gasteiger partial charge is 0.394 e. The minimum Gasteiger partial charge on any atom is -0.394 e. The first-order valence-corrected chi connectivity index (χ1v) is 41.2. The van der Waals surface area contributed by atoms with E-state index in [0.29, 0.717) is 6.42 Å². The Bertz CT molecular complexity index is 1920. The lowest BCUT2D eigenvalue weighted by molar-refractivity contribution is -0.359. The minimum absolute atomic E-state index is 0.234. The van der Waals surface area contributed by atoms with Crippen LogP contribution in [-0.4, -0.2) is 140 Å². The van der Waals surface area contributed by atoms with Crippen LogP contribution in [0.5, 0.6) is 0 Å². The van der Waals surface area contributed by atoms with Crippen LogP contribution in [-0.2, 0) is 23.7 Å². The lowest BCUT2D eigenvalue weighted by Crippen LogP contribution is -2.65. The maximum absolute atomic E-state index is 13.4. The number of hydrogen-bond donors (Lipinski definition) is 9. The molecule has 0 bridgehead atoms. The third-order valence-corrected chi connectivity index (χ3v) is 19.9. The Hall–Kier alpha value is -2.57. The van der Waals surface area contributed by atoms with Gasteiger partial charge in [0.05, 0.1) is 32.0 Å². The molecule has 0 radical (unpaired) electrons. The first kappa shape index (κ1) is 91.5. The van der Waals surface area contributed by atoms with E-state index in [1.54, 1.807) is 6.08 Å². The second kappa shape index (κ2) is 67.6. The maximum Gasteiger partial charge on any atom is 0.220 e. The number of aliphatic hydroxyl groups is 8. The van der Waals surface area contributed by atoms with Crippen LogP contribution in [0.2, 0.25) is 0 Å². The molecular formula is C84H153NO13. The SMILES string of the molecule is CC/C=C\C/C=C\C/C=C\C/C=C\C/C=C\CCCCCCCCCCCCCCCCCCCCCC(=O)NC(COC1OC(CO)C(OC2OC(CO)C(O)C(O)C2O)C(O)C1O)C(O)/C=C/CCCCCCCCCCCCCCCCCCCCCCCCCCCCC. The molecule has 2 aliphatic heterocycles. The van der Waals surface area contributed by atoms with Gasteiger partial charge in [0, 0.05) is 6.42 Å². The van der Waals surface area contributed by atoms with Crippen molar-refractivity contribution in [3.63, 3.8) is 0 Å². The molecule has 2 fully saturated rings. The van der Waals surface area contributed by atoms with Gasteiger partial charge in [-0.15, -0.1) is 0 Å². The van der Waals surface area contributed by atoms with Gasteiger partial charge in [-0.25, -0.2) is 0 Å². The number of aliphatic hydroxyl groups excluding tert-OH is 8. The summed E-state index contributed by atoms with van der Waals surface area (Å²) in [5.74, 6) is -0.234. The van der Waals surface area contributed by atoms with Crippen molar-refractivity contribution >= 4 is 5.91 Å². The fourth-order valence-corrected chi connectivity index (χ4v) is 13.4. The molecule has 2 rings (SSSR count). The zero-order valence-corrected chi connectivity index (χ0v) is 62.8. The molecule has 0 aromatic rings. The fraction of sp³-hybridized carbons (Fsp3) is 0.845. The minimum atomic E-state index is -1.79. The van der Waals surface area contributed by atoms with Gasteiger partial charge in [0.2, 0.25) is 5.91 Å². The van der Waals surface area contributed by atoms with E-state index in [9.17, 15) is 45.6 Å². The second-order valence-corrected chi connectivity index (χ2v) is 28.9. The number of unbranched alkanes of at least 4 members (excludes halogenated alkanes) is 46. The molecule has 0 spiro atoms. The number of hydrogen-bond acceptors (Lipinski definition) is 13. The lowest BCUT2D eigenvalue weighted by atomic mass is 9.97. The molecule has 572 valence electrons. The highest BCUT2D eigenvalue weighted by atomic mass is 16.7. The predicted octanol–water partition coefficient (Wildman–Crippen LogP) is 18.9. The summed E-state index contributed by atoms with van der Waals surface area (Å²) in [4.78, 5) is 13.4. The van der Waals surface area contributed by atoms with Crippen molar-refractivity contribution < 1.29 is 64.6 Å². The number of rotatable bonds is 69. The van der Waals surface area contributed by atoms with E-state index >= 15 is 0 Å². The molecule has 0 aromatic heterocycles. The molecule has 2 heterocycles. The monoisotopic (exact) mass is 1380 g/mol. The summed E-state index contributed by atoms with van der Waals surface area (Å²) < 4.78 is 22.9. The summed E-state index contributed by atoms with van der Waals surface area (Å²) in [7, 11) is 0. The molecule has 12 unspecified atom stereocenters. The van der Waals surface area contributed by atoms with Crippen molar-refractivity contribution in [3.05, 3.63) is 72.9 Å². The molecule has 2 saturated heterocycles. The summed E-state index contributed by atoms with van der Waals surface area (Å²) in [6.07, 6.45) is 77.0. The van der Waals surface area contributed by atoms with Gasteiger partial charge in [-0.2, -0.15) is 0 Å². The standard InChI is InChI=1S/C84H153NO13/c1-3-5-7-9-11-13-15-17-19-21-23-25-27-29-31-33-34-35-36-37-38-40-42-44-46-48-50-52-54-56-58-60-62-64-66-68-76(89)85-72(71-95-83-81(94)79(92)82(75(70-87)97-83)98-84-80(93)78(91)77(90)74(69-86)96-84)73(88)67-65-63-61-59-57-55-53-51-49-47-45-43-41-39-32-30-28-26-24-22-20-18-16-14-12-10-8-6-4-2/h5,7,11,13,17,19,23,25,29,31,65,67,72-75,77-84,86-88,90-94H,3-4,6,8-10,12,14-16,18,20-22,24,26-28,30,32-64,66,68-71H2,1-2H3,(H,85,89)/b7-5-,13-11-,19-17-,25-23-,31-29-,67-65+. The maximum atomic E-state index is 13.4. The van der Waals surface area contributed by atoms with Crippen molar-refractivity contribution in [3.8, 4) is 0 Å². The van der Waals surface area contributed by atoms with Crippen LogP contribution in [0, 0.1) is 0 Å². The summed E-state index contributed by atoms with van der Waals surface area (Å²) in [5.41, 5.74) is 0. The van der Waals surface area contributed by atoms with E-state index in [1.165, 1.54) is 263 Å². The van der Waals surface area contributed by atoms with Crippen molar-refractivity contribution in [2.24, 2.45) is 0 Å². The zero-order valence-electron chi connectivity index (χ0n) is 62.8. The van der Waals surface area contributed by atoms with Crippen molar-refractivity contribution in [1.82, 2.24) is 5.32 Å². The van der Waals surface area contributed by atoms with Crippen molar-refractivity contribution in [2.45, 2.75) is 434 Å². The molecule has 12 atom stereocenters. The Morgan fingerprint density at radius 1 is 0.378 bits per heavy atom. The molecule has 1 amide bonds. The molecule has 14 nitrogen and oxygen atoms in total. The number of amides is 1. The van der Waals surface area contributed by atoms with Gasteiger partial charge in [-0.05, 0) is 64.2 Å². The molecule has 0 saturated carbocycles. The average molecular weight is 1390 g/mol. The average Bonchev–Trinajstić information content (AvgIpc) is 0.797. The Kier molecular flexibility index (Phi) is 63.1. The highest BCUT2D eigenvalue weighted by Gasteiger charge is 2.51. The molecule has 0 aliphatic carbocycles. The topological polar surface area (TPSA) is 228 Å². The molecule has 0 aromatic carbocycles. The quantitative estimate of drug-likeness (QED) is 0.0204. The Labute approximate surface area is 599 Å². The van der Waals surface area contributed by atoms with E-state index in [1.807, 2.05) is 6.08 Å². The Balaban J connectivity index is 1.60. The van der Waals surface area contributed by atoms with Crippen LogP contribution < -0.4 is 5.32 Å². The second-order valence-electron chi connectivity index (χ2n) is 28.9. The van der Waals surface area contributed by atoms with Gasteiger partial charge in [-0.1, -0.05) is 363 Å². The smallest absolute Gasteiger partial charge is 0.220 e. The first-order chi connectivity index (χ1) is 48.1. The highest BCUT2D eigenvalue weighted by molar-refractivity contribution is 5.76. The molecule has 2 aliphatic rings. The molecule has 14 heteroatoms. The normalized spacial score (nSPS) is 22.4. The number of ether oxygens (including phenoxy) is 4. The van der Waals surface area contributed by atoms with Crippen LogP contribution in [0.4, 0.5) is 0 Å². The molecule has 98 heavy (non-hydrogen) atoms. The van der Waals surface area contributed by atoms with Crippen molar-refractivity contribution in [2.75, 3.05) is 19.8 Å². The van der Waals surface area contributed by atoms with Crippen LogP contribution in [0.25, 0.3) is 0 Å². The van der Waals surface area contributed by atoms with E-state index < -0.39 is 86.8 Å². The van der Waals surface area contributed by atoms with E-state index in [0.717, 1.165) is 70.6 Å². The third-order valence-electron chi connectivity index (χ3n) is 19.9. The van der Waals surface area contributed by atoms with Crippen LogP contribution in [0.3, 0.4) is 0 Å². The lowest BCUT2D eigenvalue weighted by Gasteiger charge is -2.46. The van der Waals surface area contributed by atoms with Gasteiger partial charge in [0.1, 0.15) is 48.8 Å². The molecular weight excluding hydrogens is 1230 g/mol. The number of nitrogens with one attached hydrogen (secondary N) is 1. The zero-order chi connectivity index (χ0) is 70.8. The molecule has 9 N–H and O–H groups in total. The summed E-state index contributed by atoms with van der Waals surface area (Å²) in [5, 5.41) is 87.8. The van der Waals surface area contributed by atoms with Gasteiger partial charge in [-0.3, -0.25) is 4.79 Å². The summed E-state index contributed by atoms with van der Waals surface area (Å²) in [6.45, 7) is 2.74. The van der Waals surface area contributed by atoms with Gasteiger partial charge >= 0.3 is 0 Å². The van der Waals surface area contributed by atoms with E-state index in [4.69, 9.17) is 18.9 Å². The van der Waals surface area contributed by atoms with E-state index in [2.05, 4.69) is 79.9 Å². The van der Waals surface area contributed by atoms with Crippen LogP contribution >= 0.6 is 0 Å². The summed E-state index contributed by atoms with van der Waals surface area (Å²) >= 11 is 0. The van der Waals surface area contributed by atoms with E-state index in [-0.39, 0.29) is 18.9 Å². The number of carbonyl (C=O) groups is 1. The van der Waals surface area contributed by atoms with Gasteiger partial charge < -0.3 is 65.1 Å². The predicted molar refractivity (Wildman–Crippen MR) is 406 cm³/mol. The van der Waals surface area contributed by atoms with Crippen LogP contribution in [0.1, 0.15) is 361 Å². The number of allylic oxidation sites excluding steroid dienone is 11. The third kappa shape index (κ3) is 49.9. The van der Waals surface area contributed by atoms with Crippen LogP contribution in [0.15, 0.2) is 72.9 Å². The first-order valence-electron chi connectivity index (χ1n) is 41.2. The van der Waals surface area contributed by atoms with Gasteiger partial charge in [0.25, 0.3) is 0 Å². The highest BCUT2D eigenvalue weighted by Crippen LogP contribution is 2.30. The van der Waals surface area contributed by atoms with Crippen molar-refractivity contribution in [1.29, 1.82) is 0 Å². The van der Waals surface area contributed by atoms with Gasteiger partial charge in [0.15, 0.2) is 12.6 Å². The Morgan fingerprint density at radius 3 is 1.08 bits per heavy atom. The summed E-state index contributed by atoms with van der Waals surface area (Å²) in [6, 6.07) is -0.918. The Morgan fingerprint density at radius 2 is 0.704 bits per heavy atom. The number of carbonyl (C=O) groups excluding carboxylic acids is 1. The fourth-order valence-electron chi connectivity index (χ4n) is 13.4.